The third-order valence-corrected chi connectivity index (χ3v) is 8.10. The largest absolute Gasteiger partial charge is 0.374 e. The summed E-state index contributed by atoms with van der Waals surface area (Å²) in [5.74, 6) is 0.575. The number of nitrogens with zero attached hydrogens (tertiary/aromatic N) is 6. The fourth-order valence-corrected chi connectivity index (χ4v) is 6.05. The number of hydrogen-bond acceptors (Lipinski definition) is 7. The van der Waals surface area contributed by atoms with Gasteiger partial charge in [-0.1, -0.05) is 11.6 Å². The van der Waals surface area contributed by atoms with Crippen LogP contribution in [0.2, 0.25) is 5.02 Å². The van der Waals surface area contributed by atoms with Crippen molar-refractivity contribution in [1.29, 1.82) is 0 Å². The first-order valence-corrected chi connectivity index (χ1v) is 13.0. The van der Waals surface area contributed by atoms with E-state index in [-0.39, 0.29) is 11.1 Å². The van der Waals surface area contributed by atoms with Gasteiger partial charge in [0.2, 0.25) is 5.95 Å². The summed E-state index contributed by atoms with van der Waals surface area (Å²) in [6, 6.07) is 4.63. The van der Waals surface area contributed by atoms with Crippen molar-refractivity contribution in [3.8, 4) is 0 Å². The lowest BCUT2D eigenvalue weighted by Crippen LogP contribution is -2.56. The maximum Gasteiger partial charge on any atom is 0.227 e. The molecule has 2 aromatic heterocycles. The molecule has 2 saturated heterocycles. The molecule has 1 N–H and O–H groups in total. The van der Waals surface area contributed by atoms with Gasteiger partial charge >= 0.3 is 0 Å². The third kappa shape index (κ3) is 4.36. The van der Waals surface area contributed by atoms with Crippen molar-refractivity contribution in [2.45, 2.75) is 64.1 Å². The van der Waals surface area contributed by atoms with Gasteiger partial charge in [-0.3, -0.25) is 9.58 Å². The van der Waals surface area contributed by atoms with Crippen LogP contribution < -0.4 is 10.2 Å². The van der Waals surface area contributed by atoms with E-state index in [9.17, 15) is 0 Å². The van der Waals surface area contributed by atoms with E-state index in [2.05, 4.69) is 63.6 Å². The summed E-state index contributed by atoms with van der Waals surface area (Å²) in [5, 5.41) is 9.57. The molecule has 35 heavy (non-hydrogen) atoms. The normalized spacial score (nSPS) is 24.9. The van der Waals surface area contributed by atoms with Crippen LogP contribution in [0.3, 0.4) is 0 Å². The van der Waals surface area contributed by atoms with Crippen LogP contribution in [0.1, 0.15) is 51.8 Å². The van der Waals surface area contributed by atoms with Gasteiger partial charge in [-0.25, -0.2) is 9.97 Å². The quantitative estimate of drug-likeness (QED) is 0.537. The summed E-state index contributed by atoms with van der Waals surface area (Å²) >= 11 is 6.74. The Bertz CT molecular complexity index is 1260. The fourth-order valence-electron chi connectivity index (χ4n) is 5.76. The lowest BCUT2D eigenvalue weighted by atomic mass is 9.90. The van der Waals surface area contributed by atoms with Crippen molar-refractivity contribution in [2.75, 3.05) is 43.0 Å². The Balaban J connectivity index is 1.19. The Morgan fingerprint density at radius 1 is 1.09 bits per heavy atom. The third-order valence-electron chi connectivity index (χ3n) is 7.80. The highest BCUT2D eigenvalue weighted by molar-refractivity contribution is 6.34. The number of nitrogens with one attached hydrogen (secondary N) is 1. The molecule has 1 aliphatic carbocycles. The second-order valence-electron chi connectivity index (χ2n) is 11.2. The van der Waals surface area contributed by atoms with E-state index >= 15 is 0 Å². The smallest absolute Gasteiger partial charge is 0.227 e. The van der Waals surface area contributed by atoms with Gasteiger partial charge in [-0.2, -0.15) is 5.10 Å². The number of halogens is 1. The van der Waals surface area contributed by atoms with Gasteiger partial charge in [0.05, 0.1) is 52.1 Å². The monoisotopic (exact) mass is 495 g/mol. The van der Waals surface area contributed by atoms with E-state index in [4.69, 9.17) is 21.3 Å². The predicted molar refractivity (Wildman–Crippen MR) is 140 cm³/mol. The average molecular weight is 496 g/mol. The first kappa shape index (κ1) is 23.0. The summed E-state index contributed by atoms with van der Waals surface area (Å²) in [4.78, 5) is 14.3. The summed E-state index contributed by atoms with van der Waals surface area (Å²) in [6.07, 6.45) is 7.17. The zero-order valence-corrected chi connectivity index (χ0v) is 21.8. The zero-order valence-electron chi connectivity index (χ0n) is 21.0. The van der Waals surface area contributed by atoms with Crippen LogP contribution in [0.25, 0.3) is 10.9 Å². The van der Waals surface area contributed by atoms with Crippen molar-refractivity contribution in [2.24, 2.45) is 0 Å². The summed E-state index contributed by atoms with van der Waals surface area (Å²) in [6.45, 7) is 13.4. The number of ether oxygens (including phenoxy) is 1. The second kappa shape index (κ2) is 8.32. The van der Waals surface area contributed by atoms with Crippen molar-refractivity contribution in [3.63, 3.8) is 0 Å². The Labute approximate surface area is 211 Å². The summed E-state index contributed by atoms with van der Waals surface area (Å²) < 4.78 is 8.16. The molecule has 2 aliphatic heterocycles. The van der Waals surface area contributed by atoms with Gasteiger partial charge in [0.15, 0.2) is 0 Å². The topological polar surface area (TPSA) is 71.3 Å². The Hall–Kier alpha value is -2.42. The molecule has 6 rings (SSSR count). The lowest BCUT2D eigenvalue weighted by Gasteiger charge is -2.44. The minimum absolute atomic E-state index is 0.0475. The maximum atomic E-state index is 6.74. The van der Waals surface area contributed by atoms with E-state index < -0.39 is 0 Å². The van der Waals surface area contributed by atoms with Crippen LogP contribution >= 0.6 is 11.6 Å². The van der Waals surface area contributed by atoms with Crippen LogP contribution in [0, 0.1) is 6.92 Å². The molecule has 186 valence electrons. The molecular weight excluding hydrogens is 462 g/mol. The molecule has 1 saturated carbocycles. The molecule has 1 unspecified atom stereocenters. The second-order valence-corrected chi connectivity index (χ2v) is 11.6. The van der Waals surface area contributed by atoms with Crippen molar-refractivity contribution < 1.29 is 4.74 Å². The van der Waals surface area contributed by atoms with Crippen molar-refractivity contribution in [3.05, 3.63) is 35.2 Å². The molecule has 3 aromatic rings. The van der Waals surface area contributed by atoms with E-state index in [1.807, 2.05) is 18.5 Å². The van der Waals surface area contributed by atoms with Gasteiger partial charge in [0, 0.05) is 43.3 Å². The molecule has 9 heteroatoms. The molecule has 8 nitrogen and oxygen atoms in total. The first-order valence-electron chi connectivity index (χ1n) is 12.6. The first-order chi connectivity index (χ1) is 16.7. The van der Waals surface area contributed by atoms with Gasteiger partial charge in [0.1, 0.15) is 0 Å². The van der Waals surface area contributed by atoms with E-state index in [1.165, 1.54) is 12.8 Å². The standard InChI is InChI=1S/C26H34ClN7O/c1-17-22(14-29-34(17)19-5-6-19)31-24-28-13-18-11-20(27)23(12-21(18)30-24)32-7-9-33(10-8-32)26(4)15-25(2,3)35-16-26/h11-14,19H,5-10,15-16H2,1-4H3,(H,28,30,31). The number of benzene rings is 1. The van der Waals surface area contributed by atoms with Gasteiger partial charge in [-0.05, 0) is 59.1 Å². The minimum atomic E-state index is -0.0475. The maximum absolute atomic E-state index is 6.74. The van der Waals surface area contributed by atoms with E-state index in [0.29, 0.717) is 12.0 Å². The Morgan fingerprint density at radius 3 is 2.54 bits per heavy atom. The molecule has 0 amide bonds. The van der Waals surface area contributed by atoms with Gasteiger partial charge in [-0.15, -0.1) is 0 Å². The van der Waals surface area contributed by atoms with Crippen molar-refractivity contribution >= 4 is 39.8 Å². The van der Waals surface area contributed by atoms with Crippen LogP contribution in [0.15, 0.2) is 24.5 Å². The van der Waals surface area contributed by atoms with Crippen LogP contribution in [0.4, 0.5) is 17.3 Å². The molecule has 0 radical (unpaired) electrons. The molecule has 1 atom stereocenters. The minimum Gasteiger partial charge on any atom is -0.374 e. The predicted octanol–water partition coefficient (Wildman–Crippen LogP) is 4.95. The van der Waals surface area contributed by atoms with Gasteiger partial charge in [0.25, 0.3) is 0 Å². The number of piperazine rings is 1. The molecule has 3 fully saturated rings. The SMILES string of the molecule is Cc1c(Nc2ncc3cc(Cl)c(N4CCN(C5(C)COC(C)(C)C5)CC4)cc3n2)cnn1C1CC1. The van der Waals surface area contributed by atoms with Crippen molar-refractivity contribution in [1.82, 2.24) is 24.6 Å². The highest BCUT2D eigenvalue weighted by Crippen LogP contribution is 2.39. The van der Waals surface area contributed by atoms with Gasteiger partial charge < -0.3 is 15.0 Å². The lowest BCUT2D eigenvalue weighted by molar-refractivity contribution is 0.0238. The van der Waals surface area contributed by atoms with Crippen LogP contribution in [-0.4, -0.2) is 68.6 Å². The number of anilines is 3. The number of hydrogen-bond donors (Lipinski definition) is 1. The molecule has 4 heterocycles. The Kier molecular flexibility index (Phi) is 5.47. The molecule has 1 aromatic carbocycles. The molecular formula is C26H34ClN7O. The average Bonchev–Trinajstić information content (AvgIpc) is 3.54. The van der Waals surface area contributed by atoms with Crippen LogP contribution in [0.5, 0.6) is 0 Å². The highest BCUT2D eigenvalue weighted by Gasteiger charge is 2.45. The summed E-state index contributed by atoms with van der Waals surface area (Å²) in [7, 11) is 0. The molecule has 0 spiro atoms. The highest BCUT2D eigenvalue weighted by atomic mass is 35.5. The molecule has 0 bridgehead atoms. The van der Waals surface area contributed by atoms with E-state index in [0.717, 1.165) is 72.2 Å². The summed E-state index contributed by atoms with van der Waals surface area (Å²) in [5.41, 5.74) is 4.05. The molecule has 3 aliphatic rings. The Morgan fingerprint density at radius 2 is 1.86 bits per heavy atom. The number of rotatable bonds is 5. The van der Waals surface area contributed by atoms with E-state index in [1.54, 1.807) is 0 Å². The van der Waals surface area contributed by atoms with Crippen LogP contribution in [-0.2, 0) is 4.74 Å². The zero-order chi connectivity index (χ0) is 24.4. The fraction of sp³-hybridized carbons (Fsp3) is 0.577. The number of aromatic nitrogens is 4. The number of fused-ring (bicyclic) bond motifs is 1.